The standard InChI is InChI=1S/C20H25NO6/c1-12-10-15(22)16(18(24)26-12)17(23)14(11-13-8-6-5-7-9-13)21-19(25)27-20(2,3)4/h5-9,12,14,23H,10-11H2,1-4H3,(H,21,25)/b17-16+/t12-,14+/m1/s1. The van der Waals surface area contributed by atoms with Crippen LogP contribution in [0, 0.1) is 0 Å². The Kier molecular flexibility index (Phi) is 6.25. The lowest BCUT2D eigenvalue weighted by molar-refractivity contribution is -0.150. The molecular formula is C20H25NO6. The predicted molar refractivity (Wildman–Crippen MR) is 98.1 cm³/mol. The van der Waals surface area contributed by atoms with Crippen molar-refractivity contribution < 1.29 is 29.0 Å². The Morgan fingerprint density at radius 1 is 1.30 bits per heavy atom. The molecule has 1 aromatic carbocycles. The normalized spacial score (nSPS) is 20.5. The first kappa shape index (κ1) is 20.5. The molecule has 7 heteroatoms. The van der Waals surface area contributed by atoms with Gasteiger partial charge >= 0.3 is 12.1 Å². The maximum absolute atomic E-state index is 12.3. The monoisotopic (exact) mass is 375 g/mol. The molecule has 1 aromatic rings. The summed E-state index contributed by atoms with van der Waals surface area (Å²) < 4.78 is 10.3. The topological polar surface area (TPSA) is 102 Å². The molecule has 0 saturated carbocycles. The number of ketones is 1. The first-order chi connectivity index (χ1) is 12.6. The molecule has 1 aliphatic heterocycles. The summed E-state index contributed by atoms with van der Waals surface area (Å²) >= 11 is 0. The first-order valence-electron chi connectivity index (χ1n) is 8.77. The van der Waals surface area contributed by atoms with Gasteiger partial charge in [-0.25, -0.2) is 9.59 Å². The number of Topliss-reactive ketones (excluding diaryl/α,β-unsaturated/α-hetero) is 1. The van der Waals surface area contributed by atoms with Gasteiger partial charge in [-0.2, -0.15) is 0 Å². The summed E-state index contributed by atoms with van der Waals surface area (Å²) in [7, 11) is 0. The summed E-state index contributed by atoms with van der Waals surface area (Å²) in [4.78, 5) is 36.6. The molecule has 1 aliphatic rings. The third-order valence-corrected chi connectivity index (χ3v) is 3.82. The minimum atomic E-state index is -1.01. The molecule has 7 nitrogen and oxygen atoms in total. The minimum Gasteiger partial charge on any atom is -0.509 e. The lowest BCUT2D eigenvalue weighted by Crippen LogP contribution is -2.43. The van der Waals surface area contributed by atoms with Gasteiger partial charge in [0, 0.05) is 12.8 Å². The number of rotatable bonds is 4. The van der Waals surface area contributed by atoms with Crippen LogP contribution in [-0.4, -0.2) is 40.7 Å². The van der Waals surface area contributed by atoms with E-state index < -0.39 is 46.9 Å². The van der Waals surface area contributed by atoms with Crippen LogP contribution < -0.4 is 5.32 Å². The number of esters is 1. The first-order valence-corrected chi connectivity index (χ1v) is 8.77. The van der Waals surface area contributed by atoms with Gasteiger partial charge in [0.15, 0.2) is 5.78 Å². The van der Waals surface area contributed by atoms with Crippen LogP contribution in [0.5, 0.6) is 0 Å². The van der Waals surface area contributed by atoms with Crippen molar-refractivity contribution in [3.05, 3.63) is 47.2 Å². The van der Waals surface area contributed by atoms with Crippen molar-refractivity contribution in [1.82, 2.24) is 5.32 Å². The van der Waals surface area contributed by atoms with Crippen molar-refractivity contribution in [1.29, 1.82) is 0 Å². The number of hydrogen-bond acceptors (Lipinski definition) is 6. The number of benzene rings is 1. The molecular weight excluding hydrogens is 350 g/mol. The average Bonchev–Trinajstić information content (AvgIpc) is 2.52. The molecule has 0 aliphatic carbocycles. The lowest BCUT2D eigenvalue weighted by atomic mass is 9.96. The SMILES string of the molecule is C[C@@H]1CC(=O)/C(=C(\O)[C@H](Cc2ccccc2)NC(=O)OC(C)(C)C)C(=O)O1. The van der Waals surface area contributed by atoms with E-state index in [4.69, 9.17) is 9.47 Å². The smallest absolute Gasteiger partial charge is 0.408 e. The van der Waals surface area contributed by atoms with Gasteiger partial charge in [0.25, 0.3) is 0 Å². The number of aliphatic hydroxyl groups excluding tert-OH is 1. The van der Waals surface area contributed by atoms with Crippen molar-refractivity contribution >= 4 is 17.8 Å². The van der Waals surface area contributed by atoms with Crippen LogP contribution in [-0.2, 0) is 25.5 Å². The fourth-order valence-corrected chi connectivity index (χ4v) is 2.70. The zero-order valence-corrected chi connectivity index (χ0v) is 15.9. The van der Waals surface area contributed by atoms with Crippen LogP contribution in [0.4, 0.5) is 4.79 Å². The zero-order chi connectivity index (χ0) is 20.2. The molecule has 0 bridgehead atoms. The molecule has 0 unspecified atom stereocenters. The summed E-state index contributed by atoms with van der Waals surface area (Å²) in [5, 5.41) is 13.2. The molecule has 2 N–H and O–H groups in total. The summed E-state index contributed by atoms with van der Waals surface area (Å²) in [6.07, 6.45) is -1.16. The number of nitrogens with one attached hydrogen (secondary N) is 1. The number of cyclic esters (lactones) is 1. The largest absolute Gasteiger partial charge is 0.509 e. The number of carbonyl (C=O) groups is 3. The van der Waals surface area contributed by atoms with Crippen molar-refractivity contribution in [2.45, 2.75) is 58.3 Å². The van der Waals surface area contributed by atoms with E-state index in [9.17, 15) is 19.5 Å². The molecule has 1 saturated heterocycles. The van der Waals surface area contributed by atoms with Gasteiger partial charge in [-0.05, 0) is 33.3 Å². The number of ether oxygens (including phenoxy) is 2. The fraction of sp³-hybridized carbons (Fsp3) is 0.450. The number of carbonyl (C=O) groups excluding carboxylic acids is 3. The number of alkyl carbamates (subject to hydrolysis) is 1. The Labute approximate surface area is 158 Å². The Bertz CT molecular complexity index is 727. The third-order valence-electron chi connectivity index (χ3n) is 3.82. The number of aliphatic hydroxyl groups is 1. The van der Waals surface area contributed by atoms with Crippen molar-refractivity contribution in [2.24, 2.45) is 0 Å². The van der Waals surface area contributed by atoms with Crippen molar-refractivity contribution in [3.63, 3.8) is 0 Å². The maximum Gasteiger partial charge on any atom is 0.408 e. The molecule has 2 rings (SSSR count). The molecule has 27 heavy (non-hydrogen) atoms. The fourth-order valence-electron chi connectivity index (χ4n) is 2.70. The van der Waals surface area contributed by atoms with Crippen LogP contribution in [0.25, 0.3) is 0 Å². The van der Waals surface area contributed by atoms with E-state index in [0.717, 1.165) is 5.56 Å². The molecule has 0 aromatic heterocycles. The van der Waals surface area contributed by atoms with E-state index in [2.05, 4.69) is 5.32 Å². The second-order valence-corrected chi connectivity index (χ2v) is 7.49. The molecule has 1 fully saturated rings. The van der Waals surface area contributed by atoms with E-state index >= 15 is 0 Å². The van der Waals surface area contributed by atoms with Gasteiger partial charge in [-0.3, -0.25) is 4.79 Å². The van der Waals surface area contributed by atoms with E-state index in [-0.39, 0.29) is 12.8 Å². The average molecular weight is 375 g/mol. The third kappa shape index (κ3) is 5.84. The molecule has 1 amide bonds. The molecule has 146 valence electrons. The second-order valence-electron chi connectivity index (χ2n) is 7.49. The zero-order valence-electron chi connectivity index (χ0n) is 15.9. The Morgan fingerprint density at radius 3 is 2.48 bits per heavy atom. The van der Waals surface area contributed by atoms with Crippen LogP contribution in [0.15, 0.2) is 41.7 Å². The highest BCUT2D eigenvalue weighted by molar-refractivity contribution is 6.19. The van der Waals surface area contributed by atoms with E-state index in [1.807, 2.05) is 30.3 Å². The van der Waals surface area contributed by atoms with Gasteiger partial charge in [0.05, 0.1) is 6.04 Å². The highest BCUT2D eigenvalue weighted by Crippen LogP contribution is 2.22. The maximum atomic E-state index is 12.3. The number of amides is 1. The van der Waals surface area contributed by atoms with Gasteiger partial charge in [-0.1, -0.05) is 30.3 Å². The quantitative estimate of drug-likeness (QED) is 0.363. The summed E-state index contributed by atoms with van der Waals surface area (Å²) in [6.45, 7) is 6.73. The van der Waals surface area contributed by atoms with Gasteiger partial charge in [-0.15, -0.1) is 0 Å². The molecule has 1 heterocycles. The Morgan fingerprint density at radius 2 is 1.93 bits per heavy atom. The van der Waals surface area contributed by atoms with E-state index in [1.54, 1.807) is 27.7 Å². The van der Waals surface area contributed by atoms with Gasteiger partial charge < -0.3 is 19.9 Å². The van der Waals surface area contributed by atoms with Gasteiger partial charge in [0.1, 0.15) is 23.0 Å². The summed E-state index contributed by atoms with van der Waals surface area (Å²) in [6, 6.07) is 8.07. The molecule has 2 atom stereocenters. The van der Waals surface area contributed by atoms with E-state index in [0.29, 0.717) is 0 Å². The highest BCUT2D eigenvalue weighted by atomic mass is 16.6. The van der Waals surface area contributed by atoms with Gasteiger partial charge in [0.2, 0.25) is 0 Å². The van der Waals surface area contributed by atoms with Crippen LogP contribution >= 0.6 is 0 Å². The predicted octanol–water partition coefficient (Wildman–Crippen LogP) is 2.84. The minimum absolute atomic E-state index is 0.0182. The summed E-state index contributed by atoms with van der Waals surface area (Å²) in [5.74, 6) is -1.92. The Hall–Kier alpha value is -2.83. The van der Waals surface area contributed by atoms with Crippen LogP contribution in [0.2, 0.25) is 0 Å². The molecule has 0 spiro atoms. The lowest BCUT2D eigenvalue weighted by Gasteiger charge is -2.26. The van der Waals surface area contributed by atoms with Crippen LogP contribution in [0.1, 0.15) is 39.7 Å². The van der Waals surface area contributed by atoms with Crippen LogP contribution in [0.3, 0.4) is 0 Å². The number of hydrogen-bond donors (Lipinski definition) is 2. The van der Waals surface area contributed by atoms with Crippen molar-refractivity contribution in [3.8, 4) is 0 Å². The highest BCUT2D eigenvalue weighted by Gasteiger charge is 2.36. The van der Waals surface area contributed by atoms with E-state index in [1.165, 1.54) is 0 Å². The summed E-state index contributed by atoms with van der Waals surface area (Å²) in [5.41, 5.74) is -0.361. The van der Waals surface area contributed by atoms with Crippen molar-refractivity contribution in [2.75, 3.05) is 0 Å². The Balaban J connectivity index is 2.33. The second kappa shape index (κ2) is 8.24. The molecule has 0 radical (unpaired) electrons.